The largest absolute Gasteiger partial charge is 0.380 e. The van der Waals surface area contributed by atoms with E-state index in [0.29, 0.717) is 19.6 Å². The molecule has 1 unspecified atom stereocenters. The Bertz CT molecular complexity index is 216. The summed E-state index contributed by atoms with van der Waals surface area (Å²) >= 11 is 5.38. The zero-order valence-electron chi connectivity index (χ0n) is 8.75. The number of aliphatic hydroxyl groups excluding tert-OH is 1. The molecule has 86 valence electrons. The van der Waals surface area contributed by atoms with E-state index in [-0.39, 0.29) is 12.2 Å². The van der Waals surface area contributed by atoms with Gasteiger partial charge in [0.2, 0.25) is 0 Å². The third-order valence-electron chi connectivity index (χ3n) is 2.19. The molecular weight excluding hydrogens is 216 g/mol. The Morgan fingerprint density at radius 1 is 1.33 bits per heavy atom. The Labute approximate surface area is 95.7 Å². The van der Waals surface area contributed by atoms with Gasteiger partial charge in [0.25, 0.3) is 0 Å². The van der Waals surface area contributed by atoms with Gasteiger partial charge in [0.1, 0.15) is 6.10 Å². The summed E-state index contributed by atoms with van der Waals surface area (Å²) in [6.07, 6.45) is 2.93. The van der Waals surface area contributed by atoms with Crippen LogP contribution in [0, 0.1) is 11.8 Å². The fourth-order valence-electron chi connectivity index (χ4n) is 1.45. The first kappa shape index (κ1) is 12.8. The topological polar surface area (TPSA) is 38.7 Å². The highest BCUT2D eigenvalue weighted by atomic mass is 35.5. The van der Waals surface area contributed by atoms with E-state index in [9.17, 15) is 5.11 Å². The van der Waals surface area contributed by atoms with Gasteiger partial charge in [-0.3, -0.25) is 0 Å². The Morgan fingerprint density at radius 3 is 2.73 bits per heavy atom. The quantitative estimate of drug-likeness (QED) is 0.444. The van der Waals surface area contributed by atoms with E-state index in [1.807, 2.05) is 0 Å². The summed E-state index contributed by atoms with van der Waals surface area (Å²) in [5.74, 6) is 5.60. The van der Waals surface area contributed by atoms with Crippen molar-refractivity contribution in [3.63, 3.8) is 0 Å². The van der Waals surface area contributed by atoms with Crippen molar-refractivity contribution in [3.05, 3.63) is 0 Å². The average Bonchev–Trinajstić information content (AvgIpc) is 2.74. The van der Waals surface area contributed by atoms with Crippen LogP contribution in [-0.4, -0.2) is 36.6 Å². The number of rotatable bonds is 5. The lowest BCUT2D eigenvalue weighted by Crippen LogP contribution is -2.08. The SMILES string of the molecule is OC(C#CCCl)CCCCC1OCCO1. The second-order valence-corrected chi connectivity index (χ2v) is 3.69. The average molecular weight is 233 g/mol. The molecule has 0 aromatic carbocycles. The molecule has 1 rings (SSSR count). The number of unbranched alkanes of at least 4 members (excludes halogenated alkanes) is 1. The van der Waals surface area contributed by atoms with Crippen LogP contribution in [0.3, 0.4) is 0 Å². The first-order valence-electron chi connectivity index (χ1n) is 5.28. The highest BCUT2D eigenvalue weighted by molar-refractivity contribution is 6.19. The molecule has 0 spiro atoms. The lowest BCUT2D eigenvalue weighted by atomic mass is 10.1. The van der Waals surface area contributed by atoms with Gasteiger partial charge in [0.05, 0.1) is 19.1 Å². The number of ether oxygens (including phenoxy) is 2. The molecule has 1 aliphatic heterocycles. The summed E-state index contributed by atoms with van der Waals surface area (Å²) in [5, 5.41) is 9.38. The van der Waals surface area contributed by atoms with Gasteiger partial charge in [-0.05, 0) is 25.7 Å². The Balaban J connectivity index is 1.96. The van der Waals surface area contributed by atoms with Crippen molar-refractivity contribution in [2.24, 2.45) is 0 Å². The number of aliphatic hydroxyl groups is 1. The van der Waals surface area contributed by atoms with E-state index >= 15 is 0 Å². The Hall–Kier alpha value is -0.270. The minimum absolute atomic E-state index is 0.0314. The lowest BCUT2D eigenvalue weighted by molar-refractivity contribution is -0.0482. The van der Waals surface area contributed by atoms with Crippen molar-refractivity contribution in [1.29, 1.82) is 0 Å². The molecule has 0 aromatic heterocycles. The van der Waals surface area contributed by atoms with E-state index in [4.69, 9.17) is 21.1 Å². The third-order valence-corrected chi connectivity index (χ3v) is 2.33. The molecular formula is C11H17ClO3. The molecule has 1 fully saturated rings. The van der Waals surface area contributed by atoms with Crippen molar-refractivity contribution in [2.75, 3.05) is 19.1 Å². The standard InChI is InChI=1S/C11H17ClO3/c12-7-3-5-10(13)4-1-2-6-11-14-8-9-15-11/h10-11,13H,1-2,4,6-9H2. The Kier molecular flexibility index (Phi) is 6.78. The second-order valence-electron chi connectivity index (χ2n) is 3.43. The summed E-state index contributed by atoms with van der Waals surface area (Å²) in [5.41, 5.74) is 0. The summed E-state index contributed by atoms with van der Waals surface area (Å²) in [7, 11) is 0. The molecule has 0 radical (unpaired) electrons. The van der Waals surface area contributed by atoms with Crippen molar-refractivity contribution >= 4 is 11.6 Å². The predicted octanol–water partition coefficient (Wildman–Crippen LogP) is 1.52. The maximum absolute atomic E-state index is 9.38. The normalized spacial score (nSPS) is 18.5. The molecule has 1 N–H and O–H groups in total. The van der Waals surface area contributed by atoms with Crippen LogP contribution in [0.1, 0.15) is 25.7 Å². The molecule has 4 heteroatoms. The van der Waals surface area contributed by atoms with Gasteiger partial charge in [-0.1, -0.05) is 11.8 Å². The molecule has 0 saturated carbocycles. The summed E-state index contributed by atoms with van der Waals surface area (Å²) in [6, 6.07) is 0. The second kappa shape index (κ2) is 7.95. The highest BCUT2D eigenvalue weighted by Crippen LogP contribution is 2.13. The van der Waals surface area contributed by atoms with E-state index in [1.54, 1.807) is 0 Å². The maximum atomic E-state index is 9.38. The van der Waals surface area contributed by atoms with Gasteiger partial charge in [-0.25, -0.2) is 0 Å². The van der Waals surface area contributed by atoms with Crippen molar-refractivity contribution in [2.45, 2.75) is 38.1 Å². The molecule has 1 heterocycles. The van der Waals surface area contributed by atoms with Gasteiger partial charge >= 0.3 is 0 Å². The van der Waals surface area contributed by atoms with E-state index in [2.05, 4.69) is 11.8 Å². The van der Waals surface area contributed by atoms with E-state index in [1.165, 1.54) is 0 Å². The first-order chi connectivity index (χ1) is 7.33. The number of hydrogen-bond acceptors (Lipinski definition) is 3. The van der Waals surface area contributed by atoms with Crippen LogP contribution in [0.25, 0.3) is 0 Å². The molecule has 1 atom stereocenters. The molecule has 1 saturated heterocycles. The zero-order chi connectivity index (χ0) is 10.9. The molecule has 0 aliphatic carbocycles. The predicted molar refractivity (Wildman–Crippen MR) is 58.7 cm³/mol. The third kappa shape index (κ3) is 6.01. The molecule has 1 aliphatic rings. The van der Waals surface area contributed by atoms with Gasteiger partial charge in [0, 0.05) is 0 Å². The fraction of sp³-hybridized carbons (Fsp3) is 0.818. The van der Waals surface area contributed by atoms with Crippen LogP contribution in [-0.2, 0) is 9.47 Å². The summed E-state index contributed by atoms with van der Waals surface area (Å²) in [4.78, 5) is 0. The Morgan fingerprint density at radius 2 is 2.07 bits per heavy atom. The molecule has 0 aromatic rings. The van der Waals surface area contributed by atoms with Crippen LogP contribution >= 0.6 is 11.6 Å². The summed E-state index contributed by atoms with van der Waals surface area (Å²) < 4.78 is 10.6. The summed E-state index contributed by atoms with van der Waals surface area (Å²) in [6.45, 7) is 1.41. The van der Waals surface area contributed by atoms with E-state index < -0.39 is 6.10 Å². The monoisotopic (exact) mass is 232 g/mol. The van der Waals surface area contributed by atoms with Crippen molar-refractivity contribution in [1.82, 2.24) is 0 Å². The molecule has 15 heavy (non-hydrogen) atoms. The fourth-order valence-corrected chi connectivity index (χ4v) is 1.53. The van der Waals surface area contributed by atoms with Crippen molar-refractivity contribution < 1.29 is 14.6 Å². The first-order valence-corrected chi connectivity index (χ1v) is 5.82. The smallest absolute Gasteiger partial charge is 0.157 e. The van der Waals surface area contributed by atoms with Crippen molar-refractivity contribution in [3.8, 4) is 11.8 Å². The van der Waals surface area contributed by atoms with Crippen LogP contribution in [0.4, 0.5) is 0 Å². The highest BCUT2D eigenvalue weighted by Gasteiger charge is 2.14. The zero-order valence-corrected chi connectivity index (χ0v) is 9.50. The minimum atomic E-state index is -0.547. The molecule has 0 bridgehead atoms. The van der Waals surface area contributed by atoms with Gasteiger partial charge in [-0.2, -0.15) is 0 Å². The van der Waals surface area contributed by atoms with Crippen LogP contribution in [0.2, 0.25) is 0 Å². The number of hydrogen-bond donors (Lipinski definition) is 1. The number of alkyl halides is 1. The molecule has 3 nitrogen and oxygen atoms in total. The van der Waals surface area contributed by atoms with Crippen LogP contribution in [0.15, 0.2) is 0 Å². The van der Waals surface area contributed by atoms with Gasteiger partial charge < -0.3 is 14.6 Å². The number of halogens is 1. The van der Waals surface area contributed by atoms with Gasteiger partial charge in [0.15, 0.2) is 6.29 Å². The van der Waals surface area contributed by atoms with Crippen LogP contribution in [0.5, 0.6) is 0 Å². The minimum Gasteiger partial charge on any atom is -0.380 e. The van der Waals surface area contributed by atoms with E-state index in [0.717, 1.165) is 19.3 Å². The maximum Gasteiger partial charge on any atom is 0.157 e. The van der Waals surface area contributed by atoms with Gasteiger partial charge in [-0.15, -0.1) is 11.6 Å². The lowest BCUT2D eigenvalue weighted by Gasteiger charge is -2.08. The molecule has 0 amide bonds. The van der Waals surface area contributed by atoms with Crippen LogP contribution < -0.4 is 0 Å².